The Balaban J connectivity index is 1.63. The van der Waals surface area contributed by atoms with E-state index in [0.717, 1.165) is 32.4 Å². The molecule has 1 aliphatic carbocycles. The molecule has 1 saturated heterocycles. The molecule has 1 aliphatic heterocycles. The number of piperidine rings is 1. The molecular weight excluding hydrogens is 302 g/mol. The first-order chi connectivity index (χ1) is 11.3. The number of amides is 2. The number of hydrogen-bond acceptors (Lipinski definition) is 3. The zero-order valence-electron chi connectivity index (χ0n) is 14.7. The Morgan fingerprint density at radius 2 is 1.92 bits per heavy atom. The monoisotopic (exact) mass is 329 g/mol. The van der Waals surface area contributed by atoms with E-state index < -0.39 is 0 Å². The molecular formula is C19H27N3O2. The third-order valence-electron chi connectivity index (χ3n) is 4.99. The summed E-state index contributed by atoms with van der Waals surface area (Å²) in [7, 11) is 0. The van der Waals surface area contributed by atoms with Crippen LogP contribution in [0.4, 0.5) is 5.69 Å². The average Bonchev–Trinajstić information content (AvgIpc) is 3.20. The van der Waals surface area contributed by atoms with Gasteiger partial charge in [0, 0.05) is 22.7 Å². The minimum Gasteiger partial charge on any atom is -0.347 e. The van der Waals surface area contributed by atoms with Gasteiger partial charge in [0.15, 0.2) is 0 Å². The van der Waals surface area contributed by atoms with Crippen molar-refractivity contribution < 1.29 is 9.59 Å². The van der Waals surface area contributed by atoms with Crippen LogP contribution in [0.15, 0.2) is 24.3 Å². The van der Waals surface area contributed by atoms with E-state index in [9.17, 15) is 9.59 Å². The van der Waals surface area contributed by atoms with Gasteiger partial charge in [0.25, 0.3) is 5.91 Å². The molecule has 1 atom stereocenters. The van der Waals surface area contributed by atoms with Crippen molar-refractivity contribution in [2.24, 2.45) is 11.3 Å². The molecule has 0 radical (unpaired) electrons. The summed E-state index contributed by atoms with van der Waals surface area (Å²) in [4.78, 5) is 24.8. The zero-order chi connectivity index (χ0) is 17.4. The minimum absolute atomic E-state index is 0.0882. The SMILES string of the molecule is CC(C)(C)NC(=O)c1cccc(NC(=O)C2CC23CCNCC3)c1. The summed E-state index contributed by atoms with van der Waals surface area (Å²) >= 11 is 0. The molecule has 1 heterocycles. The average molecular weight is 329 g/mol. The van der Waals surface area contributed by atoms with E-state index in [-0.39, 0.29) is 28.7 Å². The second-order valence-electron chi connectivity index (χ2n) is 8.14. The van der Waals surface area contributed by atoms with Crippen LogP contribution in [0, 0.1) is 11.3 Å². The first kappa shape index (κ1) is 17.0. The Bertz CT molecular complexity index is 642. The van der Waals surface area contributed by atoms with Gasteiger partial charge in [0.1, 0.15) is 0 Å². The number of carbonyl (C=O) groups is 2. The molecule has 0 bridgehead atoms. The molecule has 0 aromatic heterocycles. The van der Waals surface area contributed by atoms with Crippen LogP contribution in [0.2, 0.25) is 0 Å². The maximum atomic E-state index is 12.5. The van der Waals surface area contributed by atoms with Gasteiger partial charge in [-0.25, -0.2) is 0 Å². The van der Waals surface area contributed by atoms with E-state index >= 15 is 0 Å². The van der Waals surface area contributed by atoms with E-state index in [2.05, 4.69) is 16.0 Å². The van der Waals surface area contributed by atoms with Gasteiger partial charge in [-0.15, -0.1) is 0 Å². The second kappa shape index (κ2) is 6.20. The fourth-order valence-corrected chi connectivity index (χ4v) is 3.58. The third kappa shape index (κ3) is 3.78. The summed E-state index contributed by atoms with van der Waals surface area (Å²) in [6, 6.07) is 7.15. The molecule has 1 saturated carbocycles. The highest BCUT2D eigenvalue weighted by molar-refractivity contribution is 5.98. The molecule has 5 heteroatoms. The lowest BCUT2D eigenvalue weighted by Crippen LogP contribution is -2.40. The van der Waals surface area contributed by atoms with Gasteiger partial charge in [0.2, 0.25) is 5.91 Å². The van der Waals surface area contributed by atoms with Gasteiger partial charge in [-0.2, -0.15) is 0 Å². The highest BCUT2D eigenvalue weighted by atomic mass is 16.2. The normalized spacial score (nSPS) is 22.0. The number of hydrogen-bond donors (Lipinski definition) is 3. The third-order valence-corrected chi connectivity index (χ3v) is 4.99. The number of rotatable bonds is 3. The van der Waals surface area contributed by atoms with Gasteiger partial charge < -0.3 is 16.0 Å². The van der Waals surface area contributed by atoms with E-state index in [1.54, 1.807) is 18.2 Å². The molecule has 5 nitrogen and oxygen atoms in total. The van der Waals surface area contributed by atoms with Crippen molar-refractivity contribution in [1.29, 1.82) is 0 Å². The van der Waals surface area contributed by atoms with Crippen LogP contribution in [0.1, 0.15) is 50.4 Å². The molecule has 2 aliphatic rings. The lowest BCUT2D eigenvalue weighted by Gasteiger charge is -2.23. The van der Waals surface area contributed by atoms with Crippen molar-refractivity contribution in [1.82, 2.24) is 10.6 Å². The summed E-state index contributed by atoms with van der Waals surface area (Å²) < 4.78 is 0. The molecule has 3 rings (SSSR count). The van der Waals surface area contributed by atoms with Crippen molar-refractivity contribution in [3.05, 3.63) is 29.8 Å². The Hall–Kier alpha value is -1.88. The van der Waals surface area contributed by atoms with Crippen LogP contribution in [0.25, 0.3) is 0 Å². The van der Waals surface area contributed by atoms with Crippen LogP contribution >= 0.6 is 0 Å². The van der Waals surface area contributed by atoms with Gasteiger partial charge >= 0.3 is 0 Å². The maximum absolute atomic E-state index is 12.5. The fourth-order valence-electron chi connectivity index (χ4n) is 3.58. The van der Waals surface area contributed by atoms with Crippen molar-refractivity contribution in [3.8, 4) is 0 Å². The van der Waals surface area contributed by atoms with Crippen LogP contribution in [0.5, 0.6) is 0 Å². The quantitative estimate of drug-likeness (QED) is 0.798. The number of carbonyl (C=O) groups excluding carboxylic acids is 2. The highest BCUT2D eigenvalue weighted by Gasteiger charge is 2.57. The predicted molar refractivity (Wildman–Crippen MR) is 94.9 cm³/mol. The van der Waals surface area contributed by atoms with E-state index in [4.69, 9.17) is 0 Å². The molecule has 3 N–H and O–H groups in total. The number of benzene rings is 1. The van der Waals surface area contributed by atoms with Crippen molar-refractivity contribution in [3.63, 3.8) is 0 Å². The zero-order valence-corrected chi connectivity index (χ0v) is 14.7. The summed E-state index contributed by atoms with van der Waals surface area (Å²) in [5.74, 6) is 0.0804. The predicted octanol–water partition coefficient (Wildman–Crippen LogP) is 2.54. The van der Waals surface area contributed by atoms with Crippen LogP contribution in [-0.2, 0) is 4.79 Å². The number of anilines is 1. The molecule has 2 fully saturated rings. The summed E-state index contributed by atoms with van der Waals surface area (Å²) in [5, 5.41) is 9.29. The molecule has 1 unspecified atom stereocenters. The molecule has 1 aromatic carbocycles. The molecule has 130 valence electrons. The van der Waals surface area contributed by atoms with Gasteiger partial charge in [0.05, 0.1) is 0 Å². The summed E-state index contributed by atoms with van der Waals surface area (Å²) in [5.41, 5.74) is 1.19. The van der Waals surface area contributed by atoms with E-state index in [1.807, 2.05) is 26.8 Å². The fraction of sp³-hybridized carbons (Fsp3) is 0.579. The van der Waals surface area contributed by atoms with Crippen LogP contribution in [-0.4, -0.2) is 30.4 Å². The first-order valence-electron chi connectivity index (χ1n) is 8.73. The Morgan fingerprint density at radius 1 is 1.21 bits per heavy atom. The van der Waals surface area contributed by atoms with Crippen molar-refractivity contribution >= 4 is 17.5 Å². The Kier molecular flexibility index (Phi) is 4.38. The van der Waals surface area contributed by atoms with Crippen LogP contribution < -0.4 is 16.0 Å². The van der Waals surface area contributed by atoms with Gasteiger partial charge in [-0.1, -0.05) is 6.07 Å². The Morgan fingerprint density at radius 3 is 2.58 bits per heavy atom. The second-order valence-corrected chi connectivity index (χ2v) is 8.14. The Labute approximate surface area is 143 Å². The smallest absolute Gasteiger partial charge is 0.251 e. The van der Waals surface area contributed by atoms with E-state index in [1.165, 1.54) is 0 Å². The minimum atomic E-state index is -0.286. The van der Waals surface area contributed by atoms with Crippen LogP contribution in [0.3, 0.4) is 0 Å². The standard InChI is InChI=1S/C19H27N3O2/c1-18(2,3)22-16(23)13-5-4-6-14(11-13)21-17(24)15-12-19(15)7-9-20-10-8-19/h4-6,11,15,20H,7-10,12H2,1-3H3,(H,21,24)(H,22,23). The van der Waals surface area contributed by atoms with Gasteiger partial charge in [-0.05, 0) is 76.7 Å². The molecule has 1 aromatic rings. The topological polar surface area (TPSA) is 70.2 Å². The number of nitrogens with one attached hydrogen (secondary N) is 3. The van der Waals surface area contributed by atoms with Crippen molar-refractivity contribution in [2.75, 3.05) is 18.4 Å². The summed E-state index contributed by atoms with van der Waals surface area (Å²) in [6.07, 6.45) is 3.16. The van der Waals surface area contributed by atoms with E-state index in [0.29, 0.717) is 11.3 Å². The van der Waals surface area contributed by atoms with Crippen molar-refractivity contribution in [2.45, 2.75) is 45.6 Å². The van der Waals surface area contributed by atoms with Gasteiger partial charge in [-0.3, -0.25) is 9.59 Å². The lowest BCUT2D eigenvalue weighted by atomic mass is 9.92. The lowest BCUT2D eigenvalue weighted by molar-refractivity contribution is -0.118. The molecule has 2 amide bonds. The maximum Gasteiger partial charge on any atom is 0.251 e. The first-order valence-corrected chi connectivity index (χ1v) is 8.73. The summed E-state index contributed by atoms with van der Waals surface area (Å²) in [6.45, 7) is 7.85. The molecule has 24 heavy (non-hydrogen) atoms. The highest BCUT2D eigenvalue weighted by Crippen LogP contribution is 2.58. The largest absolute Gasteiger partial charge is 0.347 e. The molecule has 1 spiro atoms.